The third-order valence-electron chi connectivity index (χ3n) is 4.50. The summed E-state index contributed by atoms with van der Waals surface area (Å²) < 4.78 is 0. The first-order chi connectivity index (χ1) is 6.59. The van der Waals surface area contributed by atoms with Crippen LogP contribution in [0.1, 0.15) is 52.9 Å². The summed E-state index contributed by atoms with van der Waals surface area (Å²) in [6.07, 6.45) is 7.19. The van der Waals surface area contributed by atoms with Gasteiger partial charge in [0.1, 0.15) is 0 Å². The smallest absolute Gasteiger partial charge is 0.00727 e. The number of hydrogen-bond acceptors (Lipinski definition) is 1. The Labute approximate surface area is 88.7 Å². The minimum Gasteiger partial charge on any atom is -0.313 e. The molecule has 2 aliphatic carbocycles. The Morgan fingerprint density at radius 2 is 1.93 bits per heavy atom. The van der Waals surface area contributed by atoms with Gasteiger partial charge in [-0.05, 0) is 42.9 Å². The second kappa shape index (κ2) is 3.84. The number of rotatable bonds is 4. The summed E-state index contributed by atoms with van der Waals surface area (Å²) in [6.45, 7) is 8.41. The molecule has 0 spiro atoms. The zero-order valence-electron chi connectivity index (χ0n) is 9.97. The van der Waals surface area contributed by atoms with Crippen LogP contribution in [0.2, 0.25) is 0 Å². The highest BCUT2D eigenvalue weighted by Crippen LogP contribution is 2.40. The molecule has 0 aromatic heterocycles. The average Bonchev–Trinajstić information content (AvgIpc) is 1.97. The third kappa shape index (κ3) is 2.13. The molecule has 0 aliphatic heterocycles. The Kier molecular flexibility index (Phi) is 2.88. The SMILES string of the molecule is CC(C)C1CC(NCC2(C)CCC2)C1. The van der Waals surface area contributed by atoms with E-state index in [2.05, 4.69) is 26.1 Å². The predicted molar refractivity (Wildman–Crippen MR) is 61.3 cm³/mol. The van der Waals surface area contributed by atoms with E-state index in [1.54, 1.807) is 0 Å². The summed E-state index contributed by atoms with van der Waals surface area (Å²) in [7, 11) is 0. The van der Waals surface area contributed by atoms with E-state index in [0.717, 1.165) is 17.9 Å². The molecule has 0 unspecified atom stereocenters. The lowest BCUT2D eigenvalue weighted by Crippen LogP contribution is -2.48. The molecule has 82 valence electrons. The van der Waals surface area contributed by atoms with Gasteiger partial charge in [-0.25, -0.2) is 0 Å². The molecule has 1 heteroatoms. The van der Waals surface area contributed by atoms with E-state index >= 15 is 0 Å². The standard InChI is InChI=1S/C13H25N/c1-10(2)11-7-12(8-11)14-9-13(3)5-4-6-13/h10-12,14H,4-9H2,1-3H3. The molecule has 2 rings (SSSR count). The first-order valence-electron chi connectivity index (χ1n) is 6.32. The highest BCUT2D eigenvalue weighted by Gasteiger charge is 2.35. The van der Waals surface area contributed by atoms with Crippen LogP contribution < -0.4 is 5.32 Å². The van der Waals surface area contributed by atoms with Gasteiger partial charge >= 0.3 is 0 Å². The number of nitrogens with one attached hydrogen (secondary N) is 1. The zero-order chi connectivity index (χ0) is 10.2. The maximum absolute atomic E-state index is 3.75. The molecule has 2 saturated carbocycles. The lowest BCUT2D eigenvalue weighted by Gasteiger charge is -2.44. The second-order valence-corrected chi connectivity index (χ2v) is 6.22. The molecule has 0 aromatic carbocycles. The second-order valence-electron chi connectivity index (χ2n) is 6.22. The molecular formula is C13H25N. The van der Waals surface area contributed by atoms with Crippen molar-refractivity contribution in [3.05, 3.63) is 0 Å². The molecule has 2 fully saturated rings. The fraction of sp³-hybridized carbons (Fsp3) is 1.00. The molecule has 2 aliphatic rings. The molecule has 0 atom stereocenters. The minimum atomic E-state index is 0.656. The van der Waals surface area contributed by atoms with Crippen molar-refractivity contribution in [1.82, 2.24) is 5.32 Å². The van der Waals surface area contributed by atoms with Gasteiger partial charge in [-0.1, -0.05) is 27.2 Å². The molecule has 0 bridgehead atoms. The fourth-order valence-corrected chi connectivity index (χ4v) is 2.72. The van der Waals surface area contributed by atoms with E-state index in [4.69, 9.17) is 0 Å². The molecule has 1 nitrogen and oxygen atoms in total. The van der Waals surface area contributed by atoms with E-state index in [9.17, 15) is 0 Å². The molecule has 0 heterocycles. The van der Waals surface area contributed by atoms with E-state index in [-0.39, 0.29) is 0 Å². The van der Waals surface area contributed by atoms with Crippen LogP contribution in [0, 0.1) is 17.3 Å². The maximum Gasteiger partial charge on any atom is 0.00727 e. The molecule has 0 radical (unpaired) electrons. The summed E-state index contributed by atoms with van der Waals surface area (Å²) in [5, 5.41) is 3.75. The van der Waals surface area contributed by atoms with Crippen molar-refractivity contribution in [2.45, 2.75) is 58.9 Å². The van der Waals surface area contributed by atoms with Crippen molar-refractivity contribution in [1.29, 1.82) is 0 Å². The van der Waals surface area contributed by atoms with Gasteiger partial charge in [0.05, 0.1) is 0 Å². The van der Waals surface area contributed by atoms with Crippen molar-refractivity contribution in [2.24, 2.45) is 17.3 Å². The van der Waals surface area contributed by atoms with Crippen molar-refractivity contribution in [3.63, 3.8) is 0 Å². The Morgan fingerprint density at radius 3 is 2.36 bits per heavy atom. The molecule has 0 saturated heterocycles. The van der Waals surface area contributed by atoms with Crippen LogP contribution in [-0.2, 0) is 0 Å². The Morgan fingerprint density at radius 1 is 1.29 bits per heavy atom. The zero-order valence-corrected chi connectivity index (χ0v) is 9.97. The minimum absolute atomic E-state index is 0.656. The molecule has 14 heavy (non-hydrogen) atoms. The van der Waals surface area contributed by atoms with Crippen molar-refractivity contribution in [3.8, 4) is 0 Å². The fourth-order valence-electron chi connectivity index (χ4n) is 2.72. The van der Waals surface area contributed by atoms with Crippen LogP contribution in [0.5, 0.6) is 0 Å². The van der Waals surface area contributed by atoms with Crippen LogP contribution in [0.15, 0.2) is 0 Å². The first-order valence-corrected chi connectivity index (χ1v) is 6.32. The van der Waals surface area contributed by atoms with Crippen molar-refractivity contribution < 1.29 is 0 Å². The summed E-state index contributed by atoms with van der Waals surface area (Å²) in [5.74, 6) is 1.90. The highest BCUT2D eigenvalue weighted by molar-refractivity contribution is 4.91. The summed E-state index contributed by atoms with van der Waals surface area (Å²) in [6, 6.07) is 0.847. The van der Waals surface area contributed by atoms with Gasteiger partial charge in [-0.2, -0.15) is 0 Å². The quantitative estimate of drug-likeness (QED) is 0.726. The van der Waals surface area contributed by atoms with Gasteiger partial charge < -0.3 is 5.32 Å². The summed E-state index contributed by atoms with van der Waals surface area (Å²) in [5.41, 5.74) is 0.656. The topological polar surface area (TPSA) is 12.0 Å². The summed E-state index contributed by atoms with van der Waals surface area (Å²) in [4.78, 5) is 0. The number of hydrogen-bond donors (Lipinski definition) is 1. The van der Waals surface area contributed by atoms with Crippen LogP contribution in [0.4, 0.5) is 0 Å². The predicted octanol–water partition coefficient (Wildman–Crippen LogP) is 3.20. The third-order valence-corrected chi connectivity index (χ3v) is 4.50. The van der Waals surface area contributed by atoms with Crippen LogP contribution in [0.25, 0.3) is 0 Å². The molecule has 1 N–H and O–H groups in total. The monoisotopic (exact) mass is 195 g/mol. The lowest BCUT2D eigenvalue weighted by molar-refractivity contribution is 0.113. The van der Waals surface area contributed by atoms with Gasteiger partial charge in [-0.3, -0.25) is 0 Å². The highest BCUT2D eigenvalue weighted by atomic mass is 14.9. The Bertz CT molecular complexity index is 187. The van der Waals surface area contributed by atoms with E-state index in [1.807, 2.05) is 0 Å². The largest absolute Gasteiger partial charge is 0.313 e. The van der Waals surface area contributed by atoms with E-state index < -0.39 is 0 Å². The van der Waals surface area contributed by atoms with E-state index in [1.165, 1.54) is 38.6 Å². The van der Waals surface area contributed by atoms with Gasteiger partial charge in [0, 0.05) is 12.6 Å². The normalized spacial score (nSPS) is 35.1. The maximum atomic E-state index is 3.75. The Balaban J connectivity index is 1.60. The van der Waals surface area contributed by atoms with Crippen LogP contribution in [-0.4, -0.2) is 12.6 Å². The lowest BCUT2D eigenvalue weighted by atomic mass is 9.69. The molecule has 0 aromatic rings. The van der Waals surface area contributed by atoms with Crippen LogP contribution in [0.3, 0.4) is 0 Å². The first kappa shape index (κ1) is 10.5. The molecule has 0 amide bonds. The van der Waals surface area contributed by atoms with Crippen LogP contribution >= 0.6 is 0 Å². The summed E-state index contributed by atoms with van der Waals surface area (Å²) >= 11 is 0. The van der Waals surface area contributed by atoms with Gasteiger partial charge in [-0.15, -0.1) is 0 Å². The van der Waals surface area contributed by atoms with E-state index in [0.29, 0.717) is 5.41 Å². The van der Waals surface area contributed by atoms with Gasteiger partial charge in [0.15, 0.2) is 0 Å². The Hall–Kier alpha value is -0.0400. The average molecular weight is 195 g/mol. The van der Waals surface area contributed by atoms with Crippen molar-refractivity contribution >= 4 is 0 Å². The van der Waals surface area contributed by atoms with Gasteiger partial charge in [0.25, 0.3) is 0 Å². The molecular weight excluding hydrogens is 170 g/mol. The van der Waals surface area contributed by atoms with Gasteiger partial charge in [0.2, 0.25) is 0 Å². The van der Waals surface area contributed by atoms with Crippen molar-refractivity contribution in [2.75, 3.05) is 6.54 Å².